The van der Waals surface area contributed by atoms with Gasteiger partial charge >= 0.3 is 0 Å². The first-order chi connectivity index (χ1) is 10.7. The number of anilines is 1. The van der Waals surface area contributed by atoms with E-state index in [4.69, 9.17) is 14.0 Å². The van der Waals surface area contributed by atoms with Crippen molar-refractivity contribution < 1.29 is 18.8 Å². The Morgan fingerprint density at radius 2 is 2.05 bits per heavy atom. The van der Waals surface area contributed by atoms with Gasteiger partial charge in [-0.2, -0.15) is 4.98 Å². The van der Waals surface area contributed by atoms with E-state index in [1.54, 1.807) is 38.3 Å². The van der Waals surface area contributed by atoms with E-state index in [9.17, 15) is 4.79 Å². The Labute approximate surface area is 128 Å². The number of nitrogens with one attached hydrogen (secondary N) is 1. The van der Waals surface area contributed by atoms with Crippen LogP contribution in [0.5, 0.6) is 5.75 Å². The molecule has 1 aromatic carbocycles. The van der Waals surface area contributed by atoms with Gasteiger partial charge in [-0.25, -0.2) is 0 Å². The van der Waals surface area contributed by atoms with E-state index in [0.717, 1.165) is 5.75 Å². The molecule has 0 bridgehead atoms. The van der Waals surface area contributed by atoms with E-state index < -0.39 is 0 Å². The van der Waals surface area contributed by atoms with Crippen molar-refractivity contribution in [1.82, 2.24) is 10.1 Å². The highest BCUT2D eigenvalue weighted by atomic mass is 16.5. The maximum atomic E-state index is 11.8. The van der Waals surface area contributed by atoms with Crippen molar-refractivity contribution in [1.29, 1.82) is 0 Å². The van der Waals surface area contributed by atoms with Gasteiger partial charge in [0.15, 0.2) is 5.82 Å². The van der Waals surface area contributed by atoms with Crippen LogP contribution >= 0.6 is 0 Å². The Bertz CT molecular complexity index is 595. The quantitative estimate of drug-likeness (QED) is 0.750. The zero-order valence-corrected chi connectivity index (χ0v) is 12.7. The van der Waals surface area contributed by atoms with Gasteiger partial charge in [0.25, 0.3) is 0 Å². The lowest BCUT2D eigenvalue weighted by atomic mass is 10.2. The van der Waals surface area contributed by atoms with Crippen molar-refractivity contribution >= 4 is 11.6 Å². The number of carbonyl (C=O) groups excluding carboxylic acids is 1. The monoisotopic (exact) mass is 305 g/mol. The molecule has 22 heavy (non-hydrogen) atoms. The summed E-state index contributed by atoms with van der Waals surface area (Å²) < 4.78 is 15.3. The highest BCUT2D eigenvalue weighted by Gasteiger charge is 2.07. The van der Waals surface area contributed by atoms with E-state index >= 15 is 0 Å². The van der Waals surface area contributed by atoms with Crippen LogP contribution in [0.25, 0.3) is 0 Å². The minimum Gasteiger partial charge on any atom is -0.491 e. The molecule has 1 N–H and O–H groups in total. The Kier molecular flexibility index (Phi) is 5.91. The SMILES string of the molecule is COCCOc1ccc(NC(=O)CCc2nc(C)no2)cc1. The minimum atomic E-state index is -0.107. The van der Waals surface area contributed by atoms with Gasteiger partial charge in [0, 0.05) is 25.6 Å². The topological polar surface area (TPSA) is 86.5 Å². The molecule has 0 atom stereocenters. The second kappa shape index (κ2) is 8.14. The van der Waals surface area contributed by atoms with Gasteiger partial charge in [0.05, 0.1) is 6.61 Å². The van der Waals surface area contributed by atoms with Crippen LogP contribution in [0.15, 0.2) is 28.8 Å². The van der Waals surface area contributed by atoms with E-state index in [0.29, 0.717) is 37.0 Å². The summed E-state index contributed by atoms with van der Waals surface area (Å²) in [7, 11) is 1.62. The summed E-state index contributed by atoms with van der Waals surface area (Å²) in [5.41, 5.74) is 0.714. The standard InChI is InChI=1S/C15H19N3O4/c1-11-16-15(22-18-11)8-7-14(19)17-12-3-5-13(6-4-12)21-10-9-20-2/h3-6H,7-10H2,1-2H3,(H,17,19). The van der Waals surface area contributed by atoms with Crippen LogP contribution in [-0.2, 0) is 16.0 Å². The molecule has 0 aliphatic carbocycles. The molecule has 0 saturated carbocycles. The second-order valence-corrected chi connectivity index (χ2v) is 4.65. The molecule has 0 fully saturated rings. The minimum absolute atomic E-state index is 0.107. The molecule has 1 aromatic heterocycles. The molecule has 2 aromatic rings. The molecule has 0 radical (unpaired) electrons. The lowest BCUT2D eigenvalue weighted by Gasteiger charge is -2.07. The third-order valence-corrected chi connectivity index (χ3v) is 2.83. The average Bonchev–Trinajstić information content (AvgIpc) is 2.93. The fraction of sp³-hybridized carbons (Fsp3) is 0.400. The summed E-state index contributed by atoms with van der Waals surface area (Å²) in [5, 5.41) is 6.48. The molecular formula is C15H19N3O4. The predicted molar refractivity (Wildman–Crippen MR) is 79.8 cm³/mol. The normalized spacial score (nSPS) is 10.5. The van der Waals surface area contributed by atoms with E-state index in [-0.39, 0.29) is 12.3 Å². The molecular weight excluding hydrogens is 286 g/mol. The molecule has 0 spiro atoms. The number of amides is 1. The Balaban J connectivity index is 1.76. The zero-order valence-electron chi connectivity index (χ0n) is 12.7. The molecule has 0 aliphatic rings. The van der Waals surface area contributed by atoms with Crippen LogP contribution in [0.2, 0.25) is 0 Å². The Hall–Kier alpha value is -2.41. The Morgan fingerprint density at radius 1 is 1.27 bits per heavy atom. The molecule has 2 rings (SSSR count). The summed E-state index contributed by atoms with van der Waals surface area (Å²) in [6, 6.07) is 7.17. The van der Waals surface area contributed by atoms with Gasteiger partial charge in [-0.1, -0.05) is 5.16 Å². The van der Waals surface area contributed by atoms with Crippen LogP contribution in [0, 0.1) is 6.92 Å². The van der Waals surface area contributed by atoms with Crippen LogP contribution in [0.4, 0.5) is 5.69 Å². The zero-order chi connectivity index (χ0) is 15.8. The number of hydrogen-bond donors (Lipinski definition) is 1. The highest BCUT2D eigenvalue weighted by Crippen LogP contribution is 2.16. The average molecular weight is 305 g/mol. The first-order valence-corrected chi connectivity index (χ1v) is 6.98. The van der Waals surface area contributed by atoms with Crippen molar-refractivity contribution in [3.05, 3.63) is 36.0 Å². The van der Waals surface area contributed by atoms with Gasteiger partial charge in [0.2, 0.25) is 11.8 Å². The van der Waals surface area contributed by atoms with Crippen LogP contribution < -0.4 is 10.1 Å². The van der Waals surface area contributed by atoms with Crippen molar-refractivity contribution in [2.45, 2.75) is 19.8 Å². The van der Waals surface area contributed by atoms with E-state index in [1.807, 2.05) is 0 Å². The van der Waals surface area contributed by atoms with Crippen molar-refractivity contribution in [3.63, 3.8) is 0 Å². The maximum Gasteiger partial charge on any atom is 0.227 e. The van der Waals surface area contributed by atoms with Crippen LogP contribution in [0.1, 0.15) is 18.1 Å². The van der Waals surface area contributed by atoms with Gasteiger partial charge in [-0.15, -0.1) is 0 Å². The molecule has 7 nitrogen and oxygen atoms in total. The Morgan fingerprint density at radius 3 is 2.68 bits per heavy atom. The number of nitrogens with zero attached hydrogens (tertiary/aromatic N) is 2. The molecule has 7 heteroatoms. The van der Waals surface area contributed by atoms with E-state index in [1.165, 1.54) is 0 Å². The maximum absolute atomic E-state index is 11.8. The molecule has 0 saturated heterocycles. The number of benzene rings is 1. The van der Waals surface area contributed by atoms with Crippen molar-refractivity contribution in [3.8, 4) is 5.75 Å². The molecule has 0 aliphatic heterocycles. The predicted octanol–water partition coefficient (Wildman–Crippen LogP) is 1.97. The number of methoxy groups -OCH3 is 1. The number of aryl methyl sites for hydroxylation is 2. The third-order valence-electron chi connectivity index (χ3n) is 2.83. The van der Waals surface area contributed by atoms with Crippen molar-refractivity contribution in [2.24, 2.45) is 0 Å². The van der Waals surface area contributed by atoms with Gasteiger partial charge < -0.3 is 19.3 Å². The second-order valence-electron chi connectivity index (χ2n) is 4.65. The van der Waals surface area contributed by atoms with Gasteiger partial charge in [-0.3, -0.25) is 4.79 Å². The van der Waals surface area contributed by atoms with Crippen LogP contribution in [0.3, 0.4) is 0 Å². The summed E-state index contributed by atoms with van der Waals surface area (Å²) >= 11 is 0. The number of hydrogen-bond acceptors (Lipinski definition) is 6. The molecule has 1 amide bonds. The number of ether oxygens (including phenoxy) is 2. The largest absolute Gasteiger partial charge is 0.491 e. The lowest BCUT2D eigenvalue weighted by molar-refractivity contribution is -0.116. The number of aromatic nitrogens is 2. The first kappa shape index (κ1) is 16.0. The fourth-order valence-corrected chi connectivity index (χ4v) is 1.76. The van der Waals surface area contributed by atoms with Crippen molar-refractivity contribution in [2.75, 3.05) is 25.6 Å². The highest BCUT2D eigenvalue weighted by molar-refractivity contribution is 5.90. The number of carbonyl (C=O) groups is 1. The molecule has 1 heterocycles. The lowest BCUT2D eigenvalue weighted by Crippen LogP contribution is -2.12. The molecule has 118 valence electrons. The smallest absolute Gasteiger partial charge is 0.227 e. The summed E-state index contributed by atoms with van der Waals surface area (Å²) in [4.78, 5) is 15.9. The third kappa shape index (κ3) is 5.17. The fourth-order valence-electron chi connectivity index (χ4n) is 1.76. The summed E-state index contributed by atoms with van der Waals surface area (Å²) in [6.45, 7) is 2.77. The van der Waals surface area contributed by atoms with Gasteiger partial charge in [0.1, 0.15) is 12.4 Å². The first-order valence-electron chi connectivity index (χ1n) is 6.98. The van der Waals surface area contributed by atoms with E-state index in [2.05, 4.69) is 15.5 Å². The number of rotatable bonds is 8. The summed E-state index contributed by atoms with van der Waals surface area (Å²) in [6.07, 6.45) is 0.707. The molecule has 0 unspecified atom stereocenters. The summed E-state index contributed by atoms with van der Waals surface area (Å²) in [5.74, 6) is 1.66. The van der Waals surface area contributed by atoms with Crippen LogP contribution in [-0.4, -0.2) is 36.4 Å². The van der Waals surface area contributed by atoms with Gasteiger partial charge in [-0.05, 0) is 31.2 Å².